The lowest BCUT2D eigenvalue weighted by atomic mass is 10.2. The van der Waals surface area contributed by atoms with E-state index in [0.717, 1.165) is 24.3 Å². The Morgan fingerprint density at radius 2 is 2.50 bits per heavy atom. The van der Waals surface area contributed by atoms with Crippen molar-refractivity contribution in [1.29, 1.82) is 0 Å². The molecule has 14 heavy (non-hydrogen) atoms. The molecule has 0 unspecified atom stereocenters. The highest BCUT2D eigenvalue weighted by molar-refractivity contribution is 7.99. The summed E-state index contributed by atoms with van der Waals surface area (Å²) in [4.78, 5) is 18.6. The van der Waals surface area contributed by atoms with Gasteiger partial charge in [-0.1, -0.05) is 18.7 Å². The third kappa shape index (κ3) is 1.77. The number of hydrogen-bond donors (Lipinski definition) is 1. The van der Waals surface area contributed by atoms with Crippen molar-refractivity contribution in [2.45, 2.75) is 24.9 Å². The van der Waals surface area contributed by atoms with E-state index in [0.29, 0.717) is 17.5 Å². The van der Waals surface area contributed by atoms with E-state index >= 15 is 0 Å². The maximum Gasteiger partial charge on any atom is 0.294 e. The number of nitrogens with zero attached hydrogens (tertiary/aromatic N) is 1. The minimum Gasteiger partial charge on any atom is -0.486 e. The molecule has 0 spiro atoms. The van der Waals surface area contributed by atoms with Crippen LogP contribution in [-0.2, 0) is 6.42 Å². The lowest BCUT2D eigenvalue weighted by Crippen LogP contribution is -2.21. The van der Waals surface area contributed by atoms with Crippen LogP contribution < -0.4 is 10.3 Å². The van der Waals surface area contributed by atoms with Crippen LogP contribution in [0.1, 0.15) is 19.0 Å². The fourth-order valence-corrected chi connectivity index (χ4v) is 2.04. The van der Waals surface area contributed by atoms with Crippen LogP contribution in [0, 0.1) is 0 Å². The van der Waals surface area contributed by atoms with Crippen molar-refractivity contribution in [3.63, 3.8) is 0 Å². The third-order valence-electron chi connectivity index (χ3n) is 2.01. The summed E-state index contributed by atoms with van der Waals surface area (Å²) in [6.07, 6.45) is 1.79. The molecule has 1 N–H and O–H groups in total. The highest BCUT2D eigenvalue weighted by Crippen LogP contribution is 2.20. The van der Waals surface area contributed by atoms with Gasteiger partial charge in [0.1, 0.15) is 0 Å². The molecule has 1 aliphatic rings. The number of H-pyrrole nitrogens is 1. The summed E-state index contributed by atoms with van der Waals surface area (Å²) in [5, 5.41) is 0.696. The van der Waals surface area contributed by atoms with Crippen molar-refractivity contribution in [3.8, 4) is 5.75 Å². The standard InChI is InChI=1S/C9H12N2O2S/c1-2-14-9-10-6-4-3-5-13-7(6)8(12)11-9/h2-5H2,1H3,(H,10,11,12). The van der Waals surface area contributed by atoms with Crippen LogP contribution in [0.15, 0.2) is 9.95 Å². The molecule has 0 atom stereocenters. The highest BCUT2D eigenvalue weighted by atomic mass is 32.2. The number of aromatic amines is 1. The summed E-state index contributed by atoms with van der Waals surface area (Å²) >= 11 is 1.54. The summed E-state index contributed by atoms with van der Waals surface area (Å²) in [6, 6.07) is 0. The van der Waals surface area contributed by atoms with Gasteiger partial charge in [-0.3, -0.25) is 9.78 Å². The number of nitrogens with one attached hydrogen (secondary N) is 1. The second-order valence-electron chi connectivity index (χ2n) is 3.03. The Morgan fingerprint density at radius 3 is 3.29 bits per heavy atom. The van der Waals surface area contributed by atoms with E-state index in [2.05, 4.69) is 9.97 Å². The minimum absolute atomic E-state index is 0.148. The molecule has 76 valence electrons. The molecule has 4 nitrogen and oxygen atoms in total. The lowest BCUT2D eigenvalue weighted by Gasteiger charge is -2.15. The lowest BCUT2D eigenvalue weighted by molar-refractivity contribution is 0.278. The highest BCUT2D eigenvalue weighted by Gasteiger charge is 2.16. The zero-order valence-corrected chi connectivity index (χ0v) is 8.82. The van der Waals surface area contributed by atoms with Gasteiger partial charge in [0.15, 0.2) is 5.16 Å². The number of aryl methyl sites for hydroxylation is 1. The minimum atomic E-state index is -0.148. The first-order valence-electron chi connectivity index (χ1n) is 4.70. The summed E-state index contributed by atoms with van der Waals surface area (Å²) in [5.41, 5.74) is 0.654. The second-order valence-corrected chi connectivity index (χ2v) is 4.28. The molecule has 1 aromatic heterocycles. The van der Waals surface area contributed by atoms with Crippen molar-refractivity contribution < 1.29 is 4.74 Å². The quantitative estimate of drug-likeness (QED) is 0.591. The van der Waals surface area contributed by atoms with Crippen LogP contribution in [-0.4, -0.2) is 22.3 Å². The molecule has 0 fully saturated rings. The first-order valence-corrected chi connectivity index (χ1v) is 5.68. The van der Waals surface area contributed by atoms with Crippen LogP contribution in [0.25, 0.3) is 0 Å². The van der Waals surface area contributed by atoms with Crippen LogP contribution in [0.4, 0.5) is 0 Å². The summed E-state index contributed by atoms with van der Waals surface area (Å²) in [5.74, 6) is 1.32. The van der Waals surface area contributed by atoms with Gasteiger partial charge in [-0.15, -0.1) is 0 Å². The molecule has 0 amide bonds. The van der Waals surface area contributed by atoms with Gasteiger partial charge in [0, 0.05) is 0 Å². The van der Waals surface area contributed by atoms with Gasteiger partial charge in [-0.25, -0.2) is 4.98 Å². The van der Waals surface area contributed by atoms with E-state index in [1.54, 1.807) is 11.8 Å². The van der Waals surface area contributed by atoms with Gasteiger partial charge in [-0.05, 0) is 18.6 Å². The molecule has 2 heterocycles. The molecule has 1 aliphatic heterocycles. The van der Waals surface area contributed by atoms with E-state index in [9.17, 15) is 4.79 Å². The Bertz CT molecular complexity index is 389. The van der Waals surface area contributed by atoms with Crippen molar-refractivity contribution in [1.82, 2.24) is 9.97 Å². The van der Waals surface area contributed by atoms with Crippen LogP contribution >= 0.6 is 11.8 Å². The molecule has 2 rings (SSSR count). The van der Waals surface area contributed by atoms with Gasteiger partial charge in [0.05, 0.1) is 12.3 Å². The molecule has 1 aromatic rings. The maximum atomic E-state index is 11.5. The number of thioether (sulfide) groups is 1. The molecular formula is C9H12N2O2S. The Labute approximate surface area is 86.1 Å². The predicted octanol–water partition coefficient (Wildman–Crippen LogP) is 1.21. The Hall–Kier alpha value is -0.970. The number of fused-ring (bicyclic) bond motifs is 1. The normalized spacial score (nSPS) is 14.6. The molecule has 5 heteroatoms. The van der Waals surface area contributed by atoms with Gasteiger partial charge < -0.3 is 4.74 Å². The maximum absolute atomic E-state index is 11.5. The van der Waals surface area contributed by atoms with Gasteiger partial charge in [0.25, 0.3) is 5.56 Å². The van der Waals surface area contributed by atoms with Crippen LogP contribution in [0.5, 0.6) is 5.75 Å². The SMILES string of the molecule is CCSc1nc2c(c(=O)[nH]1)OCCC2. The van der Waals surface area contributed by atoms with E-state index in [4.69, 9.17) is 4.74 Å². The van der Waals surface area contributed by atoms with E-state index in [-0.39, 0.29) is 5.56 Å². The molecule has 0 saturated heterocycles. The monoisotopic (exact) mass is 212 g/mol. The first-order chi connectivity index (χ1) is 6.81. The Balaban J connectivity index is 2.41. The van der Waals surface area contributed by atoms with Gasteiger partial charge in [-0.2, -0.15) is 0 Å². The topological polar surface area (TPSA) is 55.0 Å². The van der Waals surface area contributed by atoms with Crippen molar-refractivity contribution in [3.05, 3.63) is 16.0 Å². The first kappa shape index (κ1) is 9.58. The second kappa shape index (κ2) is 4.04. The van der Waals surface area contributed by atoms with Gasteiger partial charge in [0.2, 0.25) is 5.75 Å². The van der Waals surface area contributed by atoms with Crippen LogP contribution in [0.3, 0.4) is 0 Å². The Kier molecular flexibility index (Phi) is 2.77. The number of rotatable bonds is 2. The summed E-state index contributed by atoms with van der Waals surface area (Å²) < 4.78 is 5.27. The molecule has 0 aliphatic carbocycles. The summed E-state index contributed by atoms with van der Waals surface area (Å²) in [7, 11) is 0. The van der Waals surface area contributed by atoms with E-state index in [1.165, 1.54) is 0 Å². The largest absolute Gasteiger partial charge is 0.486 e. The average Bonchev–Trinajstić information content (AvgIpc) is 2.18. The Morgan fingerprint density at radius 1 is 1.64 bits per heavy atom. The molecule has 0 aromatic carbocycles. The zero-order chi connectivity index (χ0) is 9.97. The summed E-state index contributed by atoms with van der Waals surface area (Å²) in [6.45, 7) is 2.65. The predicted molar refractivity (Wildman–Crippen MR) is 55.1 cm³/mol. The number of hydrogen-bond acceptors (Lipinski definition) is 4. The van der Waals surface area contributed by atoms with Crippen molar-refractivity contribution in [2.75, 3.05) is 12.4 Å². The number of ether oxygens (including phenoxy) is 1. The number of aromatic nitrogens is 2. The average molecular weight is 212 g/mol. The molecule has 0 bridgehead atoms. The van der Waals surface area contributed by atoms with Crippen molar-refractivity contribution in [2.24, 2.45) is 0 Å². The fraction of sp³-hybridized carbons (Fsp3) is 0.556. The zero-order valence-electron chi connectivity index (χ0n) is 8.00. The van der Waals surface area contributed by atoms with E-state index in [1.807, 2.05) is 6.92 Å². The smallest absolute Gasteiger partial charge is 0.294 e. The van der Waals surface area contributed by atoms with Gasteiger partial charge >= 0.3 is 0 Å². The third-order valence-corrected chi connectivity index (χ3v) is 2.77. The molecular weight excluding hydrogens is 200 g/mol. The van der Waals surface area contributed by atoms with Crippen molar-refractivity contribution >= 4 is 11.8 Å². The van der Waals surface area contributed by atoms with Crippen LogP contribution in [0.2, 0.25) is 0 Å². The molecule has 0 radical (unpaired) electrons. The van der Waals surface area contributed by atoms with E-state index < -0.39 is 0 Å². The molecule has 0 saturated carbocycles. The fourth-order valence-electron chi connectivity index (χ4n) is 1.42.